The quantitative estimate of drug-likeness (QED) is 0.0392. The number of aromatic nitrogens is 4. The maximum absolute atomic E-state index is 12.6. The molecule has 14 N–H and O–H groups in total. The van der Waals surface area contributed by atoms with Crippen molar-refractivity contribution < 1.29 is 110 Å². The first kappa shape index (κ1) is 53.4. The van der Waals surface area contributed by atoms with E-state index in [1.54, 1.807) is 0 Å². The molecule has 1 fully saturated rings. The number of amides is 2. The topological polar surface area (TPSA) is 479 Å². The number of hydrogen-bond acceptors (Lipinski definition) is 21. The maximum atomic E-state index is 12.6. The molecule has 7 atom stereocenters. The Morgan fingerprint density at radius 3 is 2.10 bits per heavy atom. The Balaban J connectivity index is 0.000000847. The lowest BCUT2D eigenvalue weighted by Crippen LogP contribution is -2.46. The first-order valence-electron chi connectivity index (χ1n) is 16.8. The number of carboxylic acid groups (broad SMARTS) is 3. The second-order valence-electron chi connectivity index (χ2n) is 13.3. The Hall–Kier alpha value is -3.74. The van der Waals surface area contributed by atoms with Gasteiger partial charge in [-0.2, -0.15) is 16.9 Å². The number of phosphoric acid groups is 3. The zero-order valence-corrected chi connectivity index (χ0v) is 35.2. The molecule has 0 aromatic carbocycles. The first-order valence-corrected chi connectivity index (χ1v) is 22.0. The molecule has 1 aliphatic rings. The van der Waals surface area contributed by atoms with Gasteiger partial charge in [0.1, 0.15) is 36.3 Å². The van der Waals surface area contributed by atoms with E-state index in [0.717, 1.165) is 17.2 Å². The second-order valence-corrected chi connectivity index (χ2v) is 18.0. The third kappa shape index (κ3) is 16.8. The van der Waals surface area contributed by atoms with Crippen molar-refractivity contribution in [3.8, 4) is 0 Å². The summed E-state index contributed by atoms with van der Waals surface area (Å²) >= 11 is 3.95. The highest BCUT2D eigenvalue weighted by Crippen LogP contribution is 2.61. The summed E-state index contributed by atoms with van der Waals surface area (Å²) in [5, 5.41) is 59.9. The molecule has 2 unspecified atom stereocenters. The molecule has 2 aromatic rings. The molecule has 0 saturated carbocycles. The van der Waals surface area contributed by atoms with Crippen molar-refractivity contribution in [2.24, 2.45) is 5.41 Å². The number of fused-ring (bicyclic) bond motifs is 1. The standard InChI is InChI=1S/C21H36N7O16P3S.C6H8O7/c1-21(2,16(31)19(32)24-4-3-12(29)23-5-6-48)8-41-47(38,39)44-46(36,37)40-7-11-15(43-45(33,34)35)14(30)20(42-11)28-10-27-13-17(22)25-9-26-18(13)28;7-3(8)1-6(13,5(11)12)2-4(9)10/h9-11,14-16,20,30-31,48H,3-8H2,1-2H3,(H,23,29)(H,24,32)(H,36,37)(H,38,39)(H2,22,25,26)(H2,33,34,35);13H,1-2H2,(H,7,8)(H,9,10)(H,11,12)/t11-,14-,15-,16+,20-;/m1./s1. The lowest BCUT2D eigenvalue weighted by atomic mass is 9.87. The summed E-state index contributed by atoms with van der Waals surface area (Å²) in [7, 11) is -16.3. The SMILES string of the molecule is CC(C)(COP(=O)(O)OP(=O)(O)OC[C@H]1O[C@@H](n2cnc3c(N)ncnc32)[C@H](O)[C@@H]1OP(=O)(O)O)[C@@H](O)C(=O)NCCC(=O)NCCS.O=C(O)CC(O)(CC(=O)O)C(=O)O. The van der Waals surface area contributed by atoms with Crippen LogP contribution in [0.15, 0.2) is 12.7 Å². The summed E-state index contributed by atoms with van der Waals surface area (Å²) in [5.74, 6) is -5.96. The van der Waals surface area contributed by atoms with Gasteiger partial charge in [0, 0.05) is 30.7 Å². The number of hydrogen-bond donors (Lipinski definition) is 14. The molecule has 2 aromatic heterocycles. The van der Waals surface area contributed by atoms with E-state index in [0.29, 0.717) is 12.3 Å². The van der Waals surface area contributed by atoms with Crippen molar-refractivity contribution in [2.75, 3.05) is 37.8 Å². The number of nitrogens with zero attached hydrogens (tertiary/aromatic N) is 4. The lowest BCUT2D eigenvalue weighted by molar-refractivity contribution is -0.170. The number of imidazole rings is 1. The largest absolute Gasteiger partial charge is 0.481 e. The fourth-order valence-electron chi connectivity index (χ4n) is 4.85. The van der Waals surface area contributed by atoms with Crippen LogP contribution < -0.4 is 16.4 Å². The third-order valence-electron chi connectivity index (χ3n) is 7.80. The van der Waals surface area contributed by atoms with Gasteiger partial charge < -0.3 is 71.3 Å². The van der Waals surface area contributed by atoms with Gasteiger partial charge in [-0.1, -0.05) is 13.8 Å². The molecule has 34 heteroatoms. The van der Waals surface area contributed by atoms with Gasteiger partial charge >= 0.3 is 41.4 Å². The van der Waals surface area contributed by atoms with Gasteiger partial charge in [-0.15, -0.1) is 0 Å². The Labute approximate surface area is 348 Å². The molecule has 0 radical (unpaired) electrons. The molecule has 2 amide bonds. The zero-order valence-electron chi connectivity index (χ0n) is 31.6. The van der Waals surface area contributed by atoms with Crippen molar-refractivity contribution in [1.29, 1.82) is 0 Å². The average molecular weight is 960 g/mol. The van der Waals surface area contributed by atoms with E-state index in [-0.39, 0.29) is 35.9 Å². The van der Waals surface area contributed by atoms with Crippen molar-refractivity contribution in [3.63, 3.8) is 0 Å². The summed E-state index contributed by atoms with van der Waals surface area (Å²) < 4.78 is 61.7. The van der Waals surface area contributed by atoms with Crippen LogP contribution in [0.25, 0.3) is 11.2 Å². The van der Waals surface area contributed by atoms with Gasteiger partial charge in [0.15, 0.2) is 23.3 Å². The number of ether oxygens (including phenoxy) is 1. The Kier molecular flexibility index (Phi) is 19.3. The molecule has 346 valence electrons. The minimum absolute atomic E-state index is 0.0363. The number of rotatable bonds is 23. The number of anilines is 1. The molecular weight excluding hydrogens is 915 g/mol. The van der Waals surface area contributed by atoms with Crippen molar-refractivity contribution in [1.82, 2.24) is 30.2 Å². The molecule has 0 aliphatic carbocycles. The number of nitrogen functional groups attached to an aromatic ring is 1. The van der Waals surface area contributed by atoms with Crippen LogP contribution in [0.5, 0.6) is 0 Å². The monoisotopic (exact) mass is 959 g/mol. The van der Waals surface area contributed by atoms with E-state index in [1.807, 2.05) is 0 Å². The maximum Gasteiger partial charge on any atom is 0.481 e. The van der Waals surface area contributed by atoms with E-state index in [1.165, 1.54) is 13.8 Å². The number of carbonyl (C=O) groups is 5. The van der Waals surface area contributed by atoms with Crippen LogP contribution in [0, 0.1) is 5.41 Å². The molecule has 61 heavy (non-hydrogen) atoms. The van der Waals surface area contributed by atoms with E-state index >= 15 is 0 Å². The number of carboxylic acids is 3. The zero-order chi connectivity index (χ0) is 46.7. The Morgan fingerprint density at radius 2 is 1.56 bits per heavy atom. The van der Waals surface area contributed by atoms with Gasteiger partial charge in [-0.3, -0.25) is 37.3 Å². The summed E-state index contributed by atoms with van der Waals surface area (Å²) in [6.45, 7) is 0.723. The number of nitrogens with one attached hydrogen (secondary N) is 2. The van der Waals surface area contributed by atoms with Gasteiger partial charge in [-0.05, 0) is 0 Å². The molecule has 0 bridgehead atoms. The van der Waals surface area contributed by atoms with Crippen LogP contribution in [0.1, 0.15) is 39.3 Å². The summed E-state index contributed by atoms with van der Waals surface area (Å²) in [4.78, 5) is 105. The lowest BCUT2D eigenvalue weighted by Gasteiger charge is -2.30. The number of carbonyl (C=O) groups excluding carboxylic acids is 2. The molecule has 1 saturated heterocycles. The van der Waals surface area contributed by atoms with Gasteiger partial charge in [-0.25, -0.2) is 33.4 Å². The number of thiol groups is 1. The summed E-state index contributed by atoms with van der Waals surface area (Å²) in [6, 6.07) is 0. The molecule has 30 nitrogen and oxygen atoms in total. The molecule has 1 aliphatic heterocycles. The first-order chi connectivity index (χ1) is 27.9. The molecule has 0 spiro atoms. The number of aliphatic hydroxyl groups excluding tert-OH is 2. The predicted molar refractivity (Wildman–Crippen MR) is 201 cm³/mol. The molecular formula is C27H44N7O23P3S. The smallest absolute Gasteiger partial charge is 0.481 e. The fourth-order valence-corrected chi connectivity index (χ4v) is 7.79. The van der Waals surface area contributed by atoms with Crippen LogP contribution in [0.3, 0.4) is 0 Å². The van der Waals surface area contributed by atoms with Gasteiger partial charge in [0.2, 0.25) is 11.8 Å². The second kappa shape index (κ2) is 22.1. The average Bonchev–Trinajstić information content (AvgIpc) is 3.68. The number of aliphatic carboxylic acids is 3. The highest BCUT2D eigenvalue weighted by atomic mass is 32.1. The minimum Gasteiger partial charge on any atom is -0.481 e. The predicted octanol–water partition coefficient (Wildman–Crippen LogP) is -2.91. The Bertz CT molecular complexity index is 2020. The van der Waals surface area contributed by atoms with E-state index in [2.05, 4.69) is 47.0 Å². The minimum atomic E-state index is -5.54. The van der Waals surface area contributed by atoms with E-state index < -0.39 is 115 Å². The normalized spacial score (nSPS) is 20.7. The van der Waals surface area contributed by atoms with Crippen LogP contribution in [0.2, 0.25) is 0 Å². The van der Waals surface area contributed by atoms with Crippen molar-refractivity contribution in [3.05, 3.63) is 12.7 Å². The van der Waals surface area contributed by atoms with Crippen LogP contribution in [0.4, 0.5) is 5.82 Å². The summed E-state index contributed by atoms with van der Waals surface area (Å²) in [5.41, 5.74) is 1.56. The number of nitrogens with two attached hydrogens (primary N) is 1. The molecule has 3 rings (SSSR count). The van der Waals surface area contributed by atoms with Crippen molar-refractivity contribution >= 4 is 82.8 Å². The molecule has 3 heterocycles. The third-order valence-corrected chi connectivity index (χ3v) is 11.1. The Morgan fingerprint density at radius 1 is 0.967 bits per heavy atom. The van der Waals surface area contributed by atoms with Gasteiger partial charge in [0.25, 0.3) is 0 Å². The van der Waals surface area contributed by atoms with Crippen LogP contribution >= 0.6 is 36.1 Å². The highest BCUT2D eigenvalue weighted by molar-refractivity contribution is 7.80. The van der Waals surface area contributed by atoms with Crippen molar-refractivity contribution in [2.45, 2.75) is 69.4 Å². The van der Waals surface area contributed by atoms with Crippen LogP contribution in [-0.4, -0.2) is 162 Å². The van der Waals surface area contributed by atoms with E-state index in [9.17, 15) is 67.5 Å². The number of phosphoric ester groups is 3. The fraction of sp³-hybridized carbons (Fsp3) is 0.630. The summed E-state index contributed by atoms with van der Waals surface area (Å²) in [6.07, 6.45) is -9.03. The van der Waals surface area contributed by atoms with Crippen LogP contribution in [-0.2, 0) is 60.3 Å². The van der Waals surface area contributed by atoms with E-state index in [4.69, 9.17) is 39.9 Å². The highest BCUT2D eigenvalue weighted by Gasteiger charge is 2.50. The number of aliphatic hydroxyl groups is 3. The van der Waals surface area contributed by atoms with Gasteiger partial charge in [0.05, 0.1) is 32.4 Å².